The van der Waals surface area contributed by atoms with Gasteiger partial charge in [-0.15, -0.1) is 0 Å². The van der Waals surface area contributed by atoms with Crippen LogP contribution in [0.2, 0.25) is 0 Å². The van der Waals surface area contributed by atoms with Gasteiger partial charge in [-0.2, -0.15) is 0 Å². The predicted octanol–water partition coefficient (Wildman–Crippen LogP) is 2.26. The number of carbonyl (C=O) groups is 2. The van der Waals surface area contributed by atoms with Crippen LogP contribution >= 0.6 is 0 Å². The zero-order chi connectivity index (χ0) is 17.2. The third-order valence-electron chi connectivity index (χ3n) is 3.26. The van der Waals surface area contributed by atoms with Crippen LogP contribution < -0.4 is 15.4 Å². The highest BCUT2D eigenvalue weighted by Crippen LogP contribution is 2.11. The number of nitrogens with one attached hydrogen (secondary N) is 2. The molecule has 0 bridgehead atoms. The Morgan fingerprint density at radius 1 is 1.17 bits per heavy atom. The van der Waals surface area contributed by atoms with Gasteiger partial charge in [-0.1, -0.05) is 13.8 Å². The Hall–Kier alpha value is -2.11. The number of hydrogen-bond donors (Lipinski definition) is 2. The Morgan fingerprint density at radius 2 is 1.83 bits per heavy atom. The minimum atomic E-state index is -0.511. The Balaban J connectivity index is 2.19. The lowest BCUT2D eigenvalue weighted by atomic mass is 10.0. The predicted molar refractivity (Wildman–Crippen MR) is 86.6 cm³/mol. The third-order valence-corrected chi connectivity index (χ3v) is 3.26. The molecule has 0 saturated heterocycles. The van der Waals surface area contributed by atoms with Gasteiger partial charge < -0.3 is 15.4 Å². The number of unbranched alkanes of at least 4 members (excludes halogenated alkanes) is 1. The van der Waals surface area contributed by atoms with Gasteiger partial charge >= 0.3 is 0 Å². The largest absolute Gasteiger partial charge is 0.494 e. The fourth-order valence-electron chi connectivity index (χ4n) is 2.02. The quantitative estimate of drug-likeness (QED) is 0.685. The summed E-state index contributed by atoms with van der Waals surface area (Å²) in [5.74, 6) is -0.0261. The third kappa shape index (κ3) is 7.63. The number of amides is 2. The van der Waals surface area contributed by atoms with Crippen molar-refractivity contribution in [3.63, 3.8) is 0 Å². The first kappa shape index (κ1) is 18.9. The van der Waals surface area contributed by atoms with Gasteiger partial charge in [0.05, 0.1) is 6.61 Å². The van der Waals surface area contributed by atoms with Gasteiger partial charge in [0.25, 0.3) is 0 Å². The van der Waals surface area contributed by atoms with Crippen LogP contribution in [-0.4, -0.2) is 31.0 Å². The summed E-state index contributed by atoms with van der Waals surface area (Å²) < 4.78 is 18.2. The molecule has 1 unspecified atom stereocenters. The van der Waals surface area contributed by atoms with E-state index in [-0.39, 0.29) is 23.5 Å². The van der Waals surface area contributed by atoms with E-state index in [1.54, 1.807) is 12.1 Å². The molecule has 1 rings (SSSR count). The number of hydrogen-bond acceptors (Lipinski definition) is 3. The average molecular weight is 324 g/mol. The van der Waals surface area contributed by atoms with Gasteiger partial charge in [0.1, 0.15) is 17.6 Å². The fourth-order valence-corrected chi connectivity index (χ4v) is 2.02. The molecule has 2 amide bonds. The number of benzene rings is 1. The molecular formula is C17H25FN2O3. The highest BCUT2D eigenvalue weighted by Gasteiger charge is 2.22. The number of carbonyl (C=O) groups excluding carboxylic acids is 2. The molecule has 0 aliphatic heterocycles. The van der Waals surface area contributed by atoms with E-state index in [1.807, 2.05) is 13.8 Å². The van der Waals surface area contributed by atoms with Gasteiger partial charge in [0.15, 0.2) is 0 Å². The van der Waals surface area contributed by atoms with Crippen LogP contribution in [0.25, 0.3) is 0 Å². The highest BCUT2D eigenvalue weighted by molar-refractivity contribution is 5.86. The molecular weight excluding hydrogens is 299 g/mol. The Bertz CT molecular complexity index is 503. The monoisotopic (exact) mass is 324 g/mol. The molecule has 0 fully saturated rings. The first-order valence-electron chi connectivity index (χ1n) is 7.83. The molecule has 0 spiro atoms. The second-order valence-electron chi connectivity index (χ2n) is 5.72. The summed E-state index contributed by atoms with van der Waals surface area (Å²) in [4.78, 5) is 23.1. The first-order chi connectivity index (χ1) is 10.9. The van der Waals surface area contributed by atoms with Gasteiger partial charge in [-0.05, 0) is 43.0 Å². The van der Waals surface area contributed by atoms with Crippen LogP contribution in [0.3, 0.4) is 0 Å². The van der Waals surface area contributed by atoms with Crippen LogP contribution in [0.4, 0.5) is 4.39 Å². The normalized spacial score (nSPS) is 11.9. The summed E-state index contributed by atoms with van der Waals surface area (Å²) in [6, 6.07) is 5.35. The maximum absolute atomic E-state index is 12.7. The van der Waals surface area contributed by atoms with Gasteiger partial charge in [-0.3, -0.25) is 9.59 Å². The van der Waals surface area contributed by atoms with Crippen molar-refractivity contribution in [2.75, 3.05) is 13.2 Å². The zero-order valence-electron chi connectivity index (χ0n) is 13.9. The van der Waals surface area contributed by atoms with E-state index in [9.17, 15) is 14.0 Å². The van der Waals surface area contributed by atoms with E-state index in [1.165, 1.54) is 19.1 Å². The summed E-state index contributed by atoms with van der Waals surface area (Å²) in [7, 11) is 0. The van der Waals surface area contributed by atoms with Crippen molar-refractivity contribution in [1.82, 2.24) is 10.6 Å². The lowest BCUT2D eigenvalue weighted by molar-refractivity contribution is -0.129. The van der Waals surface area contributed by atoms with Crippen LogP contribution in [0.5, 0.6) is 5.75 Å². The maximum Gasteiger partial charge on any atom is 0.242 e. The average Bonchev–Trinajstić information content (AvgIpc) is 2.49. The number of halogens is 1. The van der Waals surface area contributed by atoms with E-state index in [2.05, 4.69) is 10.6 Å². The molecule has 0 aliphatic carbocycles. The van der Waals surface area contributed by atoms with Gasteiger partial charge in [0, 0.05) is 13.5 Å². The molecule has 1 aromatic carbocycles. The van der Waals surface area contributed by atoms with Crippen molar-refractivity contribution in [2.24, 2.45) is 5.92 Å². The summed E-state index contributed by atoms with van der Waals surface area (Å²) in [5, 5.41) is 5.47. The second-order valence-corrected chi connectivity index (χ2v) is 5.72. The fraction of sp³-hybridized carbons (Fsp3) is 0.529. The molecule has 128 valence electrons. The van der Waals surface area contributed by atoms with Crippen LogP contribution in [0.1, 0.15) is 33.6 Å². The van der Waals surface area contributed by atoms with Gasteiger partial charge in [0.2, 0.25) is 11.8 Å². The van der Waals surface area contributed by atoms with E-state index < -0.39 is 6.04 Å². The maximum atomic E-state index is 12.7. The molecule has 0 aromatic heterocycles. The molecule has 1 atom stereocenters. The molecule has 1 aromatic rings. The van der Waals surface area contributed by atoms with Crippen molar-refractivity contribution in [3.05, 3.63) is 30.1 Å². The summed E-state index contributed by atoms with van der Waals surface area (Å²) >= 11 is 0. The smallest absolute Gasteiger partial charge is 0.242 e. The summed E-state index contributed by atoms with van der Waals surface area (Å²) in [6.07, 6.45) is 1.53. The van der Waals surface area contributed by atoms with Crippen molar-refractivity contribution in [1.29, 1.82) is 0 Å². The molecule has 23 heavy (non-hydrogen) atoms. The van der Waals surface area contributed by atoms with Crippen LogP contribution in [0, 0.1) is 11.7 Å². The second kappa shape index (κ2) is 9.82. The lowest BCUT2D eigenvalue weighted by Crippen LogP contribution is -2.49. The topological polar surface area (TPSA) is 67.4 Å². The Morgan fingerprint density at radius 3 is 2.39 bits per heavy atom. The summed E-state index contributed by atoms with van der Waals surface area (Å²) in [5.41, 5.74) is 0. The van der Waals surface area contributed by atoms with Gasteiger partial charge in [-0.25, -0.2) is 4.39 Å². The molecule has 5 nitrogen and oxygen atoms in total. The summed E-state index contributed by atoms with van der Waals surface area (Å²) in [6.45, 7) is 6.19. The molecule has 0 aliphatic rings. The van der Waals surface area contributed by atoms with E-state index in [0.29, 0.717) is 18.9 Å². The van der Waals surface area contributed by atoms with Crippen molar-refractivity contribution in [2.45, 2.75) is 39.7 Å². The van der Waals surface area contributed by atoms with E-state index in [0.717, 1.165) is 12.8 Å². The number of rotatable bonds is 9. The molecule has 2 N–H and O–H groups in total. The number of ether oxygens (including phenoxy) is 1. The van der Waals surface area contributed by atoms with Crippen molar-refractivity contribution >= 4 is 11.8 Å². The highest BCUT2D eigenvalue weighted by atomic mass is 19.1. The lowest BCUT2D eigenvalue weighted by Gasteiger charge is -2.20. The van der Waals surface area contributed by atoms with E-state index in [4.69, 9.17) is 4.74 Å². The molecule has 0 radical (unpaired) electrons. The molecule has 6 heteroatoms. The molecule has 0 saturated carbocycles. The SMILES string of the molecule is CC(=O)NC(C(=O)NCCCCOc1ccc(F)cc1)C(C)C. The standard InChI is InChI=1S/C17H25FN2O3/c1-12(2)16(20-13(3)21)17(22)19-10-4-5-11-23-15-8-6-14(18)7-9-15/h6-9,12,16H,4-5,10-11H2,1-3H3,(H,19,22)(H,20,21). The molecule has 0 heterocycles. The Labute approximate surface area is 136 Å². The Kier molecular flexibility index (Phi) is 8.08. The van der Waals surface area contributed by atoms with Crippen LogP contribution in [-0.2, 0) is 9.59 Å². The first-order valence-corrected chi connectivity index (χ1v) is 7.83. The minimum absolute atomic E-state index is 0.0284. The van der Waals surface area contributed by atoms with Crippen LogP contribution in [0.15, 0.2) is 24.3 Å². The van der Waals surface area contributed by atoms with Crippen molar-refractivity contribution in [3.8, 4) is 5.75 Å². The zero-order valence-corrected chi connectivity index (χ0v) is 13.9. The minimum Gasteiger partial charge on any atom is -0.494 e. The van der Waals surface area contributed by atoms with Crippen molar-refractivity contribution < 1.29 is 18.7 Å². The van der Waals surface area contributed by atoms with E-state index >= 15 is 0 Å².